The maximum atomic E-state index is 13.2. The Hall–Kier alpha value is -2.96. The summed E-state index contributed by atoms with van der Waals surface area (Å²) >= 11 is 3.42. The fraction of sp³-hybridized carbons (Fsp3) is 0.160. The molecule has 0 saturated heterocycles. The molecule has 4 nitrogen and oxygen atoms in total. The van der Waals surface area contributed by atoms with Gasteiger partial charge in [-0.25, -0.2) is 4.39 Å². The maximum Gasteiger partial charge on any atom is 0.231 e. The van der Waals surface area contributed by atoms with Gasteiger partial charge in [0.25, 0.3) is 0 Å². The Kier molecular flexibility index (Phi) is 5.12. The van der Waals surface area contributed by atoms with Gasteiger partial charge in [-0.15, -0.1) is 0 Å². The number of benzene rings is 3. The number of nitrogens with zero attached hydrogens (tertiary/aromatic N) is 1. The predicted molar refractivity (Wildman–Crippen MR) is 119 cm³/mol. The van der Waals surface area contributed by atoms with Gasteiger partial charge >= 0.3 is 0 Å². The average Bonchev–Trinajstić information content (AvgIpc) is 3.07. The summed E-state index contributed by atoms with van der Waals surface area (Å²) in [7, 11) is 0. The van der Waals surface area contributed by atoms with Crippen LogP contribution in [0.25, 0.3) is 6.08 Å². The Morgan fingerprint density at radius 3 is 2.58 bits per heavy atom. The van der Waals surface area contributed by atoms with Crippen LogP contribution in [0.3, 0.4) is 0 Å². The highest BCUT2D eigenvalue weighted by atomic mass is 79.9. The van der Waals surface area contributed by atoms with Crippen molar-refractivity contribution in [3.63, 3.8) is 0 Å². The first-order valence-corrected chi connectivity index (χ1v) is 10.7. The largest absolute Gasteiger partial charge is 0.477 e. The van der Waals surface area contributed by atoms with Gasteiger partial charge in [-0.05, 0) is 54.5 Å². The molecule has 0 unspecified atom stereocenters. The third-order valence-corrected chi connectivity index (χ3v) is 6.02. The van der Waals surface area contributed by atoms with Crippen LogP contribution < -0.4 is 9.47 Å². The molecule has 0 bridgehead atoms. The standard InChI is InChI=1S/C25H19BrFNO3/c1-15-24-18(13-28(14-30-24)12-17-4-8-20(27)9-5-17)11-21-23(29)22(31-25(15)21)10-16-2-6-19(26)7-3-16/h2-11H,12-14H2,1H3/b22-10-. The molecule has 3 aromatic rings. The molecule has 3 aromatic carbocycles. The topological polar surface area (TPSA) is 38.8 Å². The summed E-state index contributed by atoms with van der Waals surface area (Å²) in [5.41, 5.74) is 4.24. The van der Waals surface area contributed by atoms with Crippen molar-refractivity contribution in [2.24, 2.45) is 0 Å². The molecule has 6 heteroatoms. The van der Waals surface area contributed by atoms with E-state index in [9.17, 15) is 9.18 Å². The van der Waals surface area contributed by atoms with E-state index in [-0.39, 0.29) is 11.6 Å². The first-order valence-electron chi connectivity index (χ1n) is 9.94. The van der Waals surface area contributed by atoms with Crippen molar-refractivity contribution in [3.8, 4) is 11.5 Å². The van der Waals surface area contributed by atoms with Crippen molar-refractivity contribution in [3.05, 3.63) is 98.5 Å². The van der Waals surface area contributed by atoms with Crippen LogP contribution in [0.2, 0.25) is 0 Å². The lowest BCUT2D eigenvalue weighted by Crippen LogP contribution is -2.32. The number of hydrogen-bond acceptors (Lipinski definition) is 4. The van der Waals surface area contributed by atoms with Crippen LogP contribution in [0, 0.1) is 12.7 Å². The minimum Gasteiger partial charge on any atom is -0.477 e. The molecule has 2 aliphatic rings. The van der Waals surface area contributed by atoms with E-state index in [0.29, 0.717) is 36.9 Å². The van der Waals surface area contributed by atoms with E-state index in [4.69, 9.17) is 9.47 Å². The zero-order valence-electron chi connectivity index (χ0n) is 16.8. The minimum absolute atomic E-state index is 0.125. The van der Waals surface area contributed by atoms with Gasteiger partial charge in [-0.1, -0.05) is 40.2 Å². The van der Waals surface area contributed by atoms with Gasteiger partial charge in [0.1, 0.15) is 24.0 Å². The molecular formula is C25H19BrFNO3. The van der Waals surface area contributed by atoms with Crippen molar-refractivity contribution in [1.82, 2.24) is 4.90 Å². The van der Waals surface area contributed by atoms with Crippen LogP contribution in [0.5, 0.6) is 11.5 Å². The molecule has 0 aliphatic carbocycles. The first-order chi connectivity index (χ1) is 15.0. The van der Waals surface area contributed by atoms with Gasteiger partial charge in [-0.3, -0.25) is 9.69 Å². The Labute approximate surface area is 188 Å². The van der Waals surface area contributed by atoms with Crippen LogP contribution in [-0.4, -0.2) is 17.4 Å². The normalized spacial score (nSPS) is 16.6. The summed E-state index contributed by atoms with van der Waals surface area (Å²) in [4.78, 5) is 15.1. The van der Waals surface area contributed by atoms with Crippen LogP contribution in [0.1, 0.15) is 32.6 Å². The Morgan fingerprint density at radius 2 is 1.84 bits per heavy atom. The smallest absolute Gasteiger partial charge is 0.231 e. The lowest BCUT2D eigenvalue weighted by molar-refractivity contribution is 0.0876. The van der Waals surface area contributed by atoms with Gasteiger partial charge in [0.2, 0.25) is 5.78 Å². The molecule has 0 radical (unpaired) electrons. The SMILES string of the molecule is Cc1c2c(cc3c1O/C(=C\c1ccc(Br)cc1)C3=O)CN(Cc1ccc(F)cc1)CO2. The third-order valence-electron chi connectivity index (χ3n) is 5.49. The number of hydrogen-bond donors (Lipinski definition) is 0. The third kappa shape index (κ3) is 3.89. The van der Waals surface area contributed by atoms with Gasteiger partial charge in [0.15, 0.2) is 5.76 Å². The summed E-state index contributed by atoms with van der Waals surface area (Å²) in [6.07, 6.45) is 1.76. The van der Waals surface area contributed by atoms with Gasteiger partial charge in [-0.2, -0.15) is 0 Å². The number of ketones is 1. The van der Waals surface area contributed by atoms with Crippen molar-refractivity contribution >= 4 is 27.8 Å². The first kappa shape index (κ1) is 20.0. The highest BCUT2D eigenvalue weighted by molar-refractivity contribution is 9.10. The van der Waals surface area contributed by atoms with Crippen LogP contribution in [0.15, 0.2) is 64.8 Å². The summed E-state index contributed by atoms with van der Waals surface area (Å²) in [6, 6.07) is 16.0. The molecule has 156 valence electrons. The molecule has 0 aromatic heterocycles. The molecule has 5 rings (SSSR count). The van der Waals surface area contributed by atoms with E-state index in [0.717, 1.165) is 32.5 Å². The molecule has 0 fully saturated rings. The fourth-order valence-corrected chi connectivity index (χ4v) is 4.22. The van der Waals surface area contributed by atoms with E-state index >= 15 is 0 Å². The van der Waals surface area contributed by atoms with E-state index in [1.807, 2.05) is 37.3 Å². The molecule has 0 N–H and O–H groups in total. The quantitative estimate of drug-likeness (QED) is 0.440. The number of carbonyl (C=O) groups excluding carboxylic acids is 1. The van der Waals surface area contributed by atoms with Crippen LogP contribution in [-0.2, 0) is 13.1 Å². The Bertz CT molecular complexity index is 1200. The van der Waals surface area contributed by atoms with Crippen LogP contribution in [0.4, 0.5) is 4.39 Å². The highest BCUT2D eigenvalue weighted by Gasteiger charge is 2.33. The second-order valence-corrected chi connectivity index (χ2v) is 8.66. The molecule has 0 saturated carbocycles. The molecule has 31 heavy (non-hydrogen) atoms. The van der Waals surface area contributed by atoms with Gasteiger partial charge in [0.05, 0.1) is 5.56 Å². The maximum absolute atomic E-state index is 13.2. The summed E-state index contributed by atoms with van der Waals surface area (Å²) in [5.74, 6) is 1.27. The van der Waals surface area contributed by atoms with Crippen molar-refractivity contribution < 1.29 is 18.7 Å². The number of carbonyl (C=O) groups is 1. The number of ether oxygens (including phenoxy) is 2. The Morgan fingerprint density at radius 1 is 1.10 bits per heavy atom. The summed E-state index contributed by atoms with van der Waals surface area (Å²) in [6.45, 7) is 3.61. The van der Waals surface area contributed by atoms with Gasteiger partial charge < -0.3 is 9.47 Å². The average molecular weight is 480 g/mol. The lowest BCUT2D eigenvalue weighted by Gasteiger charge is -2.30. The minimum atomic E-state index is -0.249. The van der Waals surface area contributed by atoms with E-state index in [1.165, 1.54) is 12.1 Å². The number of fused-ring (bicyclic) bond motifs is 2. The predicted octanol–water partition coefficient (Wildman–Crippen LogP) is 5.86. The van der Waals surface area contributed by atoms with Crippen molar-refractivity contribution in [2.75, 3.05) is 6.73 Å². The summed E-state index contributed by atoms with van der Waals surface area (Å²) < 4.78 is 26.1. The number of allylic oxidation sites excluding steroid dienone is 1. The fourth-order valence-electron chi connectivity index (χ4n) is 3.96. The summed E-state index contributed by atoms with van der Waals surface area (Å²) in [5, 5.41) is 0. The zero-order valence-corrected chi connectivity index (χ0v) is 18.4. The van der Waals surface area contributed by atoms with E-state index in [1.54, 1.807) is 18.2 Å². The van der Waals surface area contributed by atoms with Crippen molar-refractivity contribution in [1.29, 1.82) is 0 Å². The number of rotatable bonds is 3. The number of Topliss-reactive ketones (excluding diaryl/α,β-unsaturated/α-hetero) is 1. The lowest BCUT2D eigenvalue weighted by atomic mass is 10.00. The molecule has 2 aliphatic heterocycles. The van der Waals surface area contributed by atoms with Crippen LogP contribution >= 0.6 is 15.9 Å². The molecule has 0 atom stereocenters. The zero-order chi connectivity index (χ0) is 21.5. The second-order valence-electron chi connectivity index (χ2n) is 7.74. The molecule has 0 amide bonds. The monoisotopic (exact) mass is 479 g/mol. The second kappa shape index (κ2) is 7.94. The number of halogens is 2. The van der Waals surface area contributed by atoms with E-state index < -0.39 is 0 Å². The van der Waals surface area contributed by atoms with Crippen molar-refractivity contribution in [2.45, 2.75) is 20.0 Å². The highest BCUT2D eigenvalue weighted by Crippen LogP contribution is 2.43. The molecule has 0 spiro atoms. The van der Waals surface area contributed by atoms with Gasteiger partial charge in [0, 0.05) is 28.7 Å². The van der Waals surface area contributed by atoms with E-state index in [2.05, 4.69) is 20.8 Å². The molecular weight excluding hydrogens is 461 g/mol. The molecule has 2 heterocycles. The Balaban J connectivity index is 1.41.